The van der Waals surface area contributed by atoms with Gasteiger partial charge < -0.3 is 0 Å². The van der Waals surface area contributed by atoms with Crippen molar-refractivity contribution in [2.24, 2.45) is 5.41 Å². The zero-order chi connectivity index (χ0) is 13.3. The van der Waals surface area contributed by atoms with Crippen LogP contribution in [0.5, 0.6) is 0 Å². The fraction of sp³-hybridized carbons (Fsp3) is 0.312. The van der Waals surface area contributed by atoms with Gasteiger partial charge in [0.05, 0.1) is 11.5 Å². The fourth-order valence-corrected chi connectivity index (χ4v) is 4.48. The predicted molar refractivity (Wildman–Crippen MR) is 82.2 cm³/mol. The van der Waals surface area contributed by atoms with Gasteiger partial charge in [0.1, 0.15) is 0 Å². The highest BCUT2D eigenvalue weighted by atomic mass is 79.9. The summed E-state index contributed by atoms with van der Waals surface area (Å²) >= 11 is 5.32. The van der Waals surface area contributed by atoms with Crippen LogP contribution in [0.2, 0.25) is 0 Å². The molecule has 1 aliphatic carbocycles. The van der Waals surface area contributed by atoms with Gasteiger partial charge in [0, 0.05) is 15.8 Å². The highest BCUT2D eigenvalue weighted by Gasteiger charge is 2.35. The Morgan fingerprint density at radius 3 is 2.74 bits per heavy atom. The van der Waals surface area contributed by atoms with E-state index in [0.717, 1.165) is 30.2 Å². The molecule has 0 aliphatic heterocycles. The molecule has 1 aromatic carbocycles. The lowest BCUT2D eigenvalue weighted by molar-refractivity contribution is 0.341. The first-order valence-electron chi connectivity index (χ1n) is 6.42. The number of aryl methyl sites for hydroxylation is 1. The molecule has 3 heteroatoms. The van der Waals surface area contributed by atoms with Crippen molar-refractivity contribution in [2.75, 3.05) is 0 Å². The van der Waals surface area contributed by atoms with E-state index < -0.39 is 0 Å². The molecule has 0 radical (unpaired) electrons. The van der Waals surface area contributed by atoms with Gasteiger partial charge in [-0.05, 0) is 57.8 Å². The molecule has 0 N–H and O–H groups in total. The maximum atomic E-state index is 9.70. The summed E-state index contributed by atoms with van der Waals surface area (Å²) in [4.78, 5) is 1.29. The molecule has 0 fully saturated rings. The molecule has 1 nitrogen and oxygen atoms in total. The zero-order valence-electron chi connectivity index (χ0n) is 10.5. The summed E-state index contributed by atoms with van der Waals surface area (Å²) in [6.07, 6.45) is 3.72. The topological polar surface area (TPSA) is 23.8 Å². The second-order valence-electron chi connectivity index (χ2n) is 5.21. The Morgan fingerprint density at radius 2 is 2.05 bits per heavy atom. The molecule has 1 unspecified atom stereocenters. The van der Waals surface area contributed by atoms with Gasteiger partial charge in [-0.25, -0.2) is 0 Å². The molecular weight excluding hydrogens is 318 g/mol. The third-order valence-corrected chi connectivity index (χ3v) is 5.87. The highest BCUT2D eigenvalue weighted by molar-refractivity contribution is 9.10. The van der Waals surface area contributed by atoms with Crippen molar-refractivity contribution in [3.8, 4) is 6.07 Å². The van der Waals surface area contributed by atoms with Gasteiger partial charge in [-0.1, -0.05) is 24.3 Å². The molecule has 1 aliphatic rings. The summed E-state index contributed by atoms with van der Waals surface area (Å²) in [6.45, 7) is 0. The van der Waals surface area contributed by atoms with E-state index in [4.69, 9.17) is 0 Å². The molecule has 2 aromatic rings. The number of hydrogen-bond acceptors (Lipinski definition) is 2. The van der Waals surface area contributed by atoms with Gasteiger partial charge >= 0.3 is 0 Å². The van der Waals surface area contributed by atoms with E-state index in [1.165, 1.54) is 16.0 Å². The van der Waals surface area contributed by atoms with E-state index in [9.17, 15) is 5.26 Å². The number of nitriles is 1. The predicted octanol–water partition coefficient (Wildman–Crippen LogP) is 4.75. The Bertz CT molecular complexity index is 640. The normalized spacial score (nSPS) is 21.7. The number of fused-ring (bicyclic) bond motifs is 1. The van der Waals surface area contributed by atoms with E-state index >= 15 is 0 Å². The molecule has 1 atom stereocenters. The van der Waals surface area contributed by atoms with Crippen LogP contribution in [0, 0.1) is 16.7 Å². The van der Waals surface area contributed by atoms with Crippen LogP contribution in [-0.4, -0.2) is 0 Å². The summed E-state index contributed by atoms with van der Waals surface area (Å²) < 4.78 is 1.14. The Kier molecular flexibility index (Phi) is 3.47. The second-order valence-corrected chi connectivity index (χ2v) is 7.06. The second kappa shape index (κ2) is 5.11. The first-order chi connectivity index (χ1) is 9.22. The van der Waals surface area contributed by atoms with Crippen LogP contribution in [-0.2, 0) is 19.3 Å². The molecule has 1 heterocycles. The van der Waals surface area contributed by atoms with E-state index in [2.05, 4.69) is 57.7 Å². The number of nitrogens with zero attached hydrogens (tertiary/aromatic N) is 1. The fourth-order valence-electron chi connectivity index (χ4n) is 2.85. The van der Waals surface area contributed by atoms with Crippen LogP contribution in [0.15, 0.2) is 40.2 Å². The molecule has 0 saturated heterocycles. The van der Waals surface area contributed by atoms with Gasteiger partial charge in [-0.2, -0.15) is 5.26 Å². The maximum absolute atomic E-state index is 9.70. The van der Waals surface area contributed by atoms with Crippen LogP contribution in [0.4, 0.5) is 0 Å². The van der Waals surface area contributed by atoms with Crippen LogP contribution in [0.25, 0.3) is 0 Å². The quantitative estimate of drug-likeness (QED) is 0.778. The van der Waals surface area contributed by atoms with Crippen molar-refractivity contribution in [2.45, 2.75) is 25.7 Å². The van der Waals surface area contributed by atoms with Crippen LogP contribution < -0.4 is 0 Å². The summed E-state index contributed by atoms with van der Waals surface area (Å²) in [5.41, 5.74) is 2.53. The smallest absolute Gasteiger partial charge is 0.0697 e. The van der Waals surface area contributed by atoms with Crippen molar-refractivity contribution in [1.29, 1.82) is 5.26 Å². The van der Waals surface area contributed by atoms with Gasteiger partial charge in [0.15, 0.2) is 0 Å². The maximum Gasteiger partial charge on any atom is 0.0697 e. The minimum Gasteiger partial charge on any atom is -0.198 e. The van der Waals surface area contributed by atoms with Crippen molar-refractivity contribution in [3.63, 3.8) is 0 Å². The van der Waals surface area contributed by atoms with E-state index in [0.29, 0.717) is 0 Å². The van der Waals surface area contributed by atoms with Crippen molar-refractivity contribution in [3.05, 3.63) is 56.2 Å². The number of hydrogen-bond donors (Lipinski definition) is 0. The van der Waals surface area contributed by atoms with E-state index in [1.807, 2.05) is 0 Å². The van der Waals surface area contributed by atoms with E-state index in [-0.39, 0.29) is 5.41 Å². The van der Waals surface area contributed by atoms with Gasteiger partial charge in [-0.15, -0.1) is 11.3 Å². The standard InChI is InChI=1S/C16H14BrNS/c17-14-6-8-19-15(14)10-16(11-18)7-5-12-3-1-2-4-13(12)9-16/h1-4,6,8H,5,7,9-10H2. The lowest BCUT2D eigenvalue weighted by atomic mass is 9.70. The largest absolute Gasteiger partial charge is 0.198 e. The average Bonchev–Trinajstić information content (AvgIpc) is 2.84. The van der Waals surface area contributed by atoms with Gasteiger partial charge in [0.25, 0.3) is 0 Å². The summed E-state index contributed by atoms with van der Waals surface area (Å²) in [6, 6.07) is 13.2. The third-order valence-electron chi connectivity index (χ3n) is 3.95. The molecule has 0 saturated carbocycles. The molecule has 1 aromatic heterocycles. The molecule has 0 spiro atoms. The number of halogens is 1. The minimum absolute atomic E-state index is 0.234. The highest BCUT2D eigenvalue weighted by Crippen LogP contribution is 2.40. The third kappa shape index (κ3) is 2.48. The monoisotopic (exact) mass is 331 g/mol. The van der Waals surface area contributed by atoms with Gasteiger partial charge in [-0.3, -0.25) is 0 Å². The lowest BCUT2D eigenvalue weighted by Gasteiger charge is -2.32. The van der Waals surface area contributed by atoms with Crippen LogP contribution >= 0.6 is 27.3 Å². The zero-order valence-corrected chi connectivity index (χ0v) is 12.9. The molecular formula is C16H14BrNS. The molecule has 96 valence electrons. The average molecular weight is 332 g/mol. The van der Waals surface area contributed by atoms with Crippen molar-refractivity contribution < 1.29 is 0 Å². The number of benzene rings is 1. The SMILES string of the molecule is N#CC1(Cc2sccc2Br)CCc2ccccc2C1. The van der Waals surface area contributed by atoms with Crippen LogP contribution in [0.1, 0.15) is 22.4 Å². The van der Waals surface area contributed by atoms with Crippen molar-refractivity contribution in [1.82, 2.24) is 0 Å². The molecule has 3 rings (SSSR count). The Morgan fingerprint density at radius 1 is 1.26 bits per heavy atom. The minimum atomic E-state index is -0.234. The van der Waals surface area contributed by atoms with E-state index in [1.54, 1.807) is 11.3 Å². The molecule has 19 heavy (non-hydrogen) atoms. The first-order valence-corrected chi connectivity index (χ1v) is 8.10. The summed E-state index contributed by atoms with van der Waals surface area (Å²) in [7, 11) is 0. The Labute approximate surface area is 126 Å². The Hall–Kier alpha value is -1.11. The van der Waals surface area contributed by atoms with Crippen LogP contribution in [0.3, 0.4) is 0 Å². The Balaban J connectivity index is 1.91. The number of rotatable bonds is 2. The number of thiophene rings is 1. The molecule has 0 amide bonds. The lowest BCUT2D eigenvalue weighted by Crippen LogP contribution is -2.29. The van der Waals surface area contributed by atoms with Crippen molar-refractivity contribution >= 4 is 27.3 Å². The first kappa shape index (κ1) is 12.9. The molecule has 0 bridgehead atoms. The summed E-state index contributed by atoms with van der Waals surface area (Å²) in [5, 5.41) is 11.8. The summed E-state index contributed by atoms with van der Waals surface area (Å²) in [5.74, 6) is 0. The van der Waals surface area contributed by atoms with Gasteiger partial charge in [0.2, 0.25) is 0 Å².